The van der Waals surface area contributed by atoms with Gasteiger partial charge in [-0.1, -0.05) is 30.3 Å². The first-order valence-electron chi connectivity index (χ1n) is 8.39. The third-order valence-corrected chi connectivity index (χ3v) is 6.27. The summed E-state index contributed by atoms with van der Waals surface area (Å²) < 4.78 is 25.1. The Morgan fingerprint density at radius 2 is 1.76 bits per heavy atom. The second-order valence-electron chi connectivity index (χ2n) is 6.30. The molecule has 0 unspecified atom stereocenters. The minimum atomic E-state index is -3.44. The molecule has 6 heteroatoms. The number of amides is 1. The quantitative estimate of drug-likeness (QED) is 0.889. The van der Waals surface area contributed by atoms with E-state index in [2.05, 4.69) is 0 Å². The van der Waals surface area contributed by atoms with E-state index in [1.54, 1.807) is 29.2 Å². The number of benzene rings is 2. The number of carbonyl (C=O) groups is 1. The van der Waals surface area contributed by atoms with Gasteiger partial charge in [0, 0.05) is 24.7 Å². The smallest absolute Gasteiger partial charge is 0.254 e. The number of rotatable bonds is 5. The average molecular weight is 358 g/mol. The van der Waals surface area contributed by atoms with Gasteiger partial charge in [-0.25, -0.2) is 8.42 Å². The van der Waals surface area contributed by atoms with Crippen molar-refractivity contribution in [1.82, 2.24) is 4.90 Å². The summed E-state index contributed by atoms with van der Waals surface area (Å²) in [7, 11) is -3.44. The van der Waals surface area contributed by atoms with E-state index in [-0.39, 0.29) is 22.6 Å². The van der Waals surface area contributed by atoms with E-state index in [1.165, 1.54) is 12.1 Å². The molecule has 0 spiro atoms. The molecule has 0 bridgehead atoms. The van der Waals surface area contributed by atoms with E-state index in [0.29, 0.717) is 18.7 Å². The number of hydrogen-bond donors (Lipinski definition) is 1. The number of nitrogens with zero attached hydrogens (tertiary/aromatic N) is 1. The summed E-state index contributed by atoms with van der Waals surface area (Å²) in [6.45, 7) is 1.16. The molecule has 2 N–H and O–H groups in total. The highest BCUT2D eigenvalue weighted by Crippen LogP contribution is 2.21. The van der Waals surface area contributed by atoms with Crippen LogP contribution < -0.4 is 5.73 Å². The lowest BCUT2D eigenvalue weighted by Gasteiger charge is -2.23. The van der Waals surface area contributed by atoms with Gasteiger partial charge in [-0.05, 0) is 42.7 Å². The molecule has 1 atom stereocenters. The molecule has 0 saturated carbocycles. The standard InChI is InChI=1S/C19H22N2O3S/c20-13-17-7-4-12-21(17)19(22)16-8-10-18(11-9-16)25(23,24)14-15-5-2-1-3-6-15/h1-3,5-6,8-11,17H,4,7,12-14,20H2/t17-/m0/s1. The minimum absolute atomic E-state index is 0.0531. The van der Waals surface area contributed by atoms with E-state index in [9.17, 15) is 13.2 Å². The van der Waals surface area contributed by atoms with Crippen molar-refractivity contribution in [2.75, 3.05) is 13.1 Å². The van der Waals surface area contributed by atoms with Gasteiger partial charge in [0.25, 0.3) is 5.91 Å². The van der Waals surface area contributed by atoms with Crippen molar-refractivity contribution < 1.29 is 13.2 Å². The number of nitrogens with two attached hydrogens (primary N) is 1. The van der Waals surface area contributed by atoms with E-state index >= 15 is 0 Å². The molecule has 1 aliphatic rings. The summed E-state index contributed by atoms with van der Waals surface area (Å²) in [5.74, 6) is -0.136. The summed E-state index contributed by atoms with van der Waals surface area (Å²) in [5.41, 5.74) is 6.96. The predicted molar refractivity (Wildman–Crippen MR) is 96.9 cm³/mol. The summed E-state index contributed by atoms with van der Waals surface area (Å²) >= 11 is 0. The largest absolute Gasteiger partial charge is 0.334 e. The van der Waals surface area contributed by atoms with Gasteiger partial charge < -0.3 is 10.6 Å². The van der Waals surface area contributed by atoms with Gasteiger partial charge in [0.1, 0.15) is 0 Å². The molecule has 2 aromatic carbocycles. The van der Waals surface area contributed by atoms with Gasteiger partial charge in [0.15, 0.2) is 9.84 Å². The maximum Gasteiger partial charge on any atom is 0.254 e. The Morgan fingerprint density at radius 3 is 2.40 bits per heavy atom. The normalized spacial score (nSPS) is 17.6. The first-order valence-corrected chi connectivity index (χ1v) is 10.0. The highest BCUT2D eigenvalue weighted by molar-refractivity contribution is 7.90. The van der Waals surface area contributed by atoms with Gasteiger partial charge in [-0.2, -0.15) is 0 Å². The monoisotopic (exact) mass is 358 g/mol. The van der Waals surface area contributed by atoms with Gasteiger partial charge >= 0.3 is 0 Å². The lowest BCUT2D eigenvalue weighted by molar-refractivity contribution is 0.0741. The molecule has 1 aliphatic heterocycles. The summed E-state index contributed by atoms with van der Waals surface area (Å²) in [6.07, 6.45) is 1.88. The summed E-state index contributed by atoms with van der Waals surface area (Å²) in [5, 5.41) is 0. The average Bonchev–Trinajstić information content (AvgIpc) is 3.10. The SMILES string of the molecule is NC[C@@H]1CCCN1C(=O)c1ccc(S(=O)(=O)Cc2ccccc2)cc1. The molecule has 25 heavy (non-hydrogen) atoms. The Bertz CT molecular complexity index is 833. The predicted octanol–water partition coefficient (Wildman–Crippen LogP) is 2.22. The molecule has 1 fully saturated rings. The zero-order valence-electron chi connectivity index (χ0n) is 14.0. The lowest BCUT2D eigenvalue weighted by atomic mass is 10.1. The molecule has 5 nitrogen and oxygen atoms in total. The van der Waals surface area contributed by atoms with Crippen molar-refractivity contribution in [3.8, 4) is 0 Å². The van der Waals surface area contributed by atoms with Crippen molar-refractivity contribution in [2.24, 2.45) is 5.73 Å². The molecule has 0 aliphatic carbocycles. The summed E-state index contributed by atoms with van der Waals surface area (Å²) in [4.78, 5) is 14.6. The zero-order chi connectivity index (χ0) is 17.9. The van der Waals surface area contributed by atoms with Crippen LogP contribution in [0.15, 0.2) is 59.5 Å². The molecule has 2 aromatic rings. The first kappa shape index (κ1) is 17.6. The fraction of sp³-hybridized carbons (Fsp3) is 0.316. The number of sulfone groups is 1. The van der Waals surface area contributed by atoms with Crippen LogP contribution in [0.25, 0.3) is 0 Å². The molecule has 1 saturated heterocycles. The van der Waals surface area contributed by atoms with Gasteiger partial charge in [0.2, 0.25) is 0 Å². The van der Waals surface area contributed by atoms with Gasteiger partial charge in [0.05, 0.1) is 10.6 Å². The maximum atomic E-state index is 12.6. The molecular weight excluding hydrogens is 336 g/mol. The zero-order valence-corrected chi connectivity index (χ0v) is 14.8. The van der Waals surface area contributed by atoms with Crippen LogP contribution >= 0.6 is 0 Å². The van der Waals surface area contributed by atoms with E-state index in [0.717, 1.165) is 18.4 Å². The van der Waals surface area contributed by atoms with Crippen LogP contribution in [0.3, 0.4) is 0 Å². The van der Waals surface area contributed by atoms with Crippen LogP contribution in [0.2, 0.25) is 0 Å². The van der Waals surface area contributed by atoms with Crippen molar-refractivity contribution in [3.05, 3.63) is 65.7 Å². The summed E-state index contributed by atoms with van der Waals surface area (Å²) in [6, 6.07) is 15.3. The topological polar surface area (TPSA) is 80.5 Å². The Morgan fingerprint density at radius 1 is 1.08 bits per heavy atom. The molecule has 1 heterocycles. The fourth-order valence-corrected chi connectivity index (χ4v) is 4.54. The Hall–Kier alpha value is -2.18. The minimum Gasteiger partial charge on any atom is -0.334 e. The second kappa shape index (κ2) is 7.37. The molecule has 0 radical (unpaired) electrons. The lowest BCUT2D eigenvalue weighted by Crippen LogP contribution is -2.39. The number of hydrogen-bond acceptors (Lipinski definition) is 4. The molecule has 132 valence electrons. The van der Waals surface area contributed by atoms with E-state index in [4.69, 9.17) is 5.73 Å². The Labute approximate surface area is 148 Å². The van der Waals surface area contributed by atoms with Crippen molar-refractivity contribution in [1.29, 1.82) is 0 Å². The van der Waals surface area contributed by atoms with Crippen molar-refractivity contribution in [2.45, 2.75) is 29.5 Å². The Balaban J connectivity index is 1.76. The van der Waals surface area contributed by atoms with Gasteiger partial charge in [-0.15, -0.1) is 0 Å². The highest BCUT2D eigenvalue weighted by atomic mass is 32.2. The van der Waals surface area contributed by atoms with E-state index < -0.39 is 9.84 Å². The third-order valence-electron chi connectivity index (χ3n) is 4.57. The van der Waals surface area contributed by atoms with Crippen LogP contribution in [0.5, 0.6) is 0 Å². The maximum absolute atomic E-state index is 12.6. The third kappa shape index (κ3) is 3.91. The first-order chi connectivity index (χ1) is 12.0. The number of likely N-dealkylation sites (tertiary alicyclic amines) is 1. The molecule has 3 rings (SSSR count). The van der Waals surface area contributed by atoms with Crippen LogP contribution in [0, 0.1) is 0 Å². The molecular formula is C19H22N2O3S. The van der Waals surface area contributed by atoms with Gasteiger partial charge in [-0.3, -0.25) is 4.79 Å². The Kier molecular flexibility index (Phi) is 5.20. The highest BCUT2D eigenvalue weighted by Gasteiger charge is 2.28. The molecule has 1 amide bonds. The molecule has 0 aromatic heterocycles. The van der Waals surface area contributed by atoms with E-state index in [1.807, 2.05) is 18.2 Å². The van der Waals surface area contributed by atoms with Crippen LogP contribution in [-0.2, 0) is 15.6 Å². The van der Waals surface area contributed by atoms with Crippen LogP contribution in [0.4, 0.5) is 0 Å². The van der Waals surface area contributed by atoms with Crippen molar-refractivity contribution in [3.63, 3.8) is 0 Å². The van der Waals surface area contributed by atoms with Crippen LogP contribution in [-0.4, -0.2) is 38.4 Å². The number of carbonyl (C=O) groups excluding carboxylic acids is 1. The fourth-order valence-electron chi connectivity index (χ4n) is 3.20. The van der Waals surface area contributed by atoms with Crippen molar-refractivity contribution >= 4 is 15.7 Å². The second-order valence-corrected chi connectivity index (χ2v) is 8.29. The van der Waals surface area contributed by atoms with Crippen LogP contribution in [0.1, 0.15) is 28.8 Å².